The van der Waals surface area contributed by atoms with Gasteiger partial charge in [-0.2, -0.15) is 0 Å². The van der Waals surface area contributed by atoms with Crippen LogP contribution in [0.15, 0.2) is 0 Å². The summed E-state index contributed by atoms with van der Waals surface area (Å²) in [5, 5.41) is 68.9. The Hall–Kier alpha value is -0.930. The van der Waals surface area contributed by atoms with Crippen LogP contribution in [0.4, 0.5) is 0 Å². The number of esters is 1. The van der Waals surface area contributed by atoms with Gasteiger partial charge in [0.1, 0.15) is 55.4 Å². The molecule has 2 aliphatic heterocycles. The molecule has 0 spiro atoms. The molecule has 2 rings (SSSR count). The summed E-state index contributed by atoms with van der Waals surface area (Å²) in [6.45, 7) is 0.660. The van der Waals surface area contributed by atoms with E-state index in [4.69, 9.17) is 18.9 Å². The third-order valence-electron chi connectivity index (χ3n) is 4.66. The van der Waals surface area contributed by atoms with Gasteiger partial charge in [0.15, 0.2) is 12.6 Å². The first kappa shape index (κ1) is 23.3. The van der Waals surface area contributed by atoms with Crippen LogP contribution < -0.4 is 0 Å². The first-order valence-electron chi connectivity index (χ1n) is 9.02. The zero-order valence-electron chi connectivity index (χ0n) is 15.3. The second-order valence-electron chi connectivity index (χ2n) is 6.78. The Bertz CT molecular complexity index is 502. The van der Waals surface area contributed by atoms with Crippen molar-refractivity contribution in [2.75, 3.05) is 13.2 Å². The largest absolute Gasteiger partial charge is 0.463 e. The minimum Gasteiger partial charge on any atom is -0.463 e. The van der Waals surface area contributed by atoms with Crippen LogP contribution in [0.1, 0.15) is 19.8 Å². The van der Waals surface area contributed by atoms with Crippen LogP contribution in [0.3, 0.4) is 0 Å². The van der Waals surface area contributed by atoms with E-state index in [0.29, 0.717) is 6.42 Å². The normalized spacial score (nSPS) is 44.3. The average Bonchev–Trinajstić information content (AvgIpc) is 2.67. The van der Waals surface area contributed by atoms with Crippen LogP contribution >= 0.6 is 0 Å². The zero-order valence-corrected chi connectivity index (χ0v) is 15.3. The lowest BCUT2D eigenvalue weighted by atomic mass is 9.97. The van der Waals surface area contributed by atoms with E-state index in [1.165, 1.54) is 0 Å². The molecule has 10 atom stereocenters. The molecule has 12 nitrogen and oxygen atoms in total. The molecule has 0 amide bonds. The average molecular weight is 412 g/mol. The van der Waals surface area contributed by atoms with E-state index in [-0.39, 0.29) is 6.42 Å². The first-order valence-corrected chi connectivity index (χ1v) is 9.02. The zero-order chi connectivity index (χ0) is 21.0. The number of hydrogen-bond donors (Lipinski definition) is 7. The van der Waals surface area contributed by atoms with Gasteiger partial charge in [-0.15, -0.1) is 0 Å². The third-order valence-corrected chi connectivity index (χ3v) is 4.66. The van der Waals surface area contributed by atoms with E-state index in [0.717, 1.165) is 0 Å². The van der Waals surface area contributed by atoms with Crippen molar-refractivity contribution in [2.45, 2.75) is 81.2 Å². The van der Waals surface area contributed by atoms with E-state index in [1.54, 1.807) is 6.92 Å². The van der Waals surface area contributed by atoms with Gasteiger partial charge in [-0.05, 0) is 6.42 Å². The van der Waals surface area contributed by atoms with Gasteiger partial charge >= 0.3 is 5.97 Å². The smallest absolute Gasteiger partial charge is 0.305 e. The summed E-state index contributed by atoms with van der Waals surface area (Å²) in [7, 11) is 0. The lowest BCUT2D eigenvalue weighted by Gasteiger charge is -2.45. The molecule has 2 saturated heterocycles. The third kappa shape index (κ3) is 5.16. The number of carbonyl (C=O) groups excluding carboxylic acids is 1. The summed E-state index contributed by atoms with van der Waals surface area (Å²) in [6.07, 6.45) is -15.2. The summed E-state index contributed by atoms with van der Waals surface area (Å²) in [5.41, 5.74) is 0. The molecule has 0 aromatic carbocycles. The molecule has 0 aromatic rings. The van der Waals surface area contributed by atoms with Gasteiger partial charge in [0, 0.05) is 6.42 Å². The summed E-state index contributed by atoms with van der Waals surface area (Å²) >= 11 is 0. The van der Waals surface area contributed by atoms with Crippen molar-refractivity contribution >= 4 is 5.97 Å². The van der Waals surface area contributed by atoms with Crippen molar-refractivity contribution in [2.24, 2.45) is 0 Å². The van der Waals surface area contributed by atoms with Crippen LogP contribution in [0.5, 0.6) is 0 Å². The highest BCUT2D eigenvalue weighted by Crippen LogP contribution is 2.28. The van der Waals surface area contributed by atoms with Gasteiger partial charge in [0.25, 0.3) is 0 Å². The Morgan fingerprint density at radius 2 is 1.57 bits per heavy atom. The number of rotatable bonds is 7. The fourth-order valence-corrected chi connectivity index (χ4v) is 3.01. The molecule has 0 bridgehead atoms. The predicted molar refractivity (Wildman–Crippen MR) is 87.4 cm³/mol. The van der Waals surface area contributed by atoms with E-state index >= 15 is 0 Å². The monoisotopic (exact) mass is 412 g/mol. The summed E-state index contributed by atoms with van der Waals surface area (Å²) in [4.78, 5) is 11.5. The fraction of sp³-hybridized carbons (Fsp3) is 0.938. The summed E-state index contributed by atoms with van der Waals surface area (Å²) in [6, 6.07) is 0. The number of aliphatic hydroxyl groups excluding tert-OH is 7. The summed E-state index contributed by atoms with van der Waals surface area (Å²) < 4.78 is 20.6. The molecule has 0 saturated carbocycles. The number of hydrogen-bond acceptors (Lipinski definition) is 12. The van der Waals surface area contributed by atoms with Crippen molar-refractivity contribution in [3.05, 3.63) is 0 Å². The Balaban J connectivity index is 2.06. The van der Waals surface area contributed by atoms with Crippen LogP contribution in [0.2, 0.25) is 0 Å². The van der Waals surface area contributed by atoms with Crippen molar-refractivity contribution in [3.8, 4) is 0 Å². The Kier molecular flexibility index (Phi) is 8.51. The number of ether oxygens (including phenoxy) is 4. The molecule has 0 aromatic heterocycles. The van der Waals surface area contributed by atoms with Gasteiger partial charge in [-0.1, -0.05) is 6.92 Å². The van der Waals surface area contributed by atoms with Crippen molar-refractivity contribution in [3.63, 3.8) is 0 Å². The molecule has 7 N–H and O–H groups in total. The van der Waals surface area contributed by atoms with Crippen molar-refractivity contribution in [1.82, 2.24) is 0 Å². The lowest BCUT2D eigenvalue weighted by Crippen LogP contribution is -2.64. The molecule has 1 unspecified atom stereocenters. The van der Waals surface area contributed by atoms with Gasteiger partial charge < -0.3 is 54.7 Å². The van der Waals surface area contributed by atoms with Gasteiger partial charge in [0.05, 0.1) is 6.61 Å². The highest BCUT2D eigenvalue weighted by Gasteiger charge is 2.50. The highest BCUT2D eigenvalue weighted by atomic mass is 16.7. The Morgan fingerprint density at radius 1 is 0.893 bits per heavy atom. The molecule has 164 valence electrons. The Morgan fingerprint density at radius 3 is 2.18 bits per heavy atom. The SMILES string of the molecule is CCCC(=O)OC[C@H]1O[C@@H](O[C@H]2[C@H](O)[C@@H](O)C(O)O[C@@H]2CO)[C@H](O)[C@@H](O)[C@H]1O. The highest BCUT2D eigenvalue weighted by molar-refractivity contribution is 5.69. The second-order valence-corrected chi connectivity index (χ2v) is 6.78. The molecule has 2 heterocycles. The predicted octanol–water partition coefficient (Wildman–Crippen LogP) is -4.05. The molecule has 28 heavy (non-hydrogen) atoms. The van der Waals surface area contributed by atoms with Crippen LogP contribution in [0, 0.1) is 0 Å². The molecule has 2 aliphatic rings. The van der Waals surface area contributed by atoms with Gasteiger partial charge in [-0.3, -0.25) is 4.79 Å². The molecular formula is C16H28O12. The van der Waals surface area contributed by atoms with E-state index in [1.807, 2.05) is 0 Å². The quantitative estimate of drug-likeness (QED) is 0.200. The maximum absolute atomic E-state index is 11.5. The maximum Gasteiger partial charge on any atom is 0.305 e. The standard InChI is InChI=1S/C16H28O12/c1-2-3-8(18)25-5-7-9(19)10(20)13(23)16(27-7)28-14-6(4-17)26-15(24)12(22)11(14)21/h6-7,9-17,19-24H,2-5H2,1H3/t6-,7-,9+,10+,11-,12-,13-,14-,15?,16+/m1/s1. The minimum atomic E-state index is -1.76. The topological polar surface area (TPSA) is 196 Å². The minimum absolute atomic E-state index is 0.151. The Labute approximate surface area is 160 Å². The molecule has 12 heteroatoms. The fourth-order valence-electron chi connectivity index (χ4n) is 3.01. The van der Waals surface area contributed by atoms with E-state index < -0.39 is 80.6 Å². The van der Waals surface area contributed by atoms with Gasteiger partial charge in [-0.25, -0.2) is 0 Å². The van der Waals surface area contributed by atoms with Crippen LogP contribution in [-0.2, 0) is 23.7 Å². The lowest BCUT2D eigenvalue weighted by molar-refractivity contribution is -0.355. The van der Waals surface area contributed by atoms with Crippen molar-refractivity contribution < 1.29 is 59.5 Å². The maximum atomic E-state index is 11.5. The van der Waals surface area contributed by atoms with Gasteiger partial charge in [0.2, 0.25) is 0 Å². The molecule has 0 aliphatic carbocycles. The number of carbonyl (C=O) groups is 1. The molecular weight excluding hydrogens is 384 g/mol. The van der Waals surface area contributed by atoms with Crippen LogP contribution in [0.25, 0.3) is 0 Å². The second kappa shape index (κ2) is 10.2. The van der Waals surface area contributed by atoms with Crippen LogP contribution in [-0.4, -0.2) is 116 Å². The van der Waals surface area contributed by atoms with E-state index in [2.05, 4.69) is 0 Å². The molecule has 0 radical (unpaired) electrons. The summed E-state index contributed by atoms with van der Waals surface area (Å²) in [5.74, 6) is -0.537. The first-order chi connectivity index (χ1) is 13.2. The van der Waals surface area contributed by atoms with Crippen molar-refractivity contribution in [1.29, 1.82) is 0 Å². The number of aliphatic hydroxyl groups is 7. The molecule has 2 fully saturated rings. The van der Waals surface area contributed by atoms with E-state index in [9.17, 15) is 40.5 Å².